The van der Waals surface area contributed by atoms with Gasteiger partial charge in [-0.3, -0.25) is 9.69 Å². The van der Waals surface area contributed by atoms with Gasteiger partial charge in [0.1, 0.15) is 0 Å². The quantitative estimate of drug-likeness (QED) is 0.536. The molecule has 0 spiro atoms. The monoisotopic (exact) mass is 271 g/mol. The maximum atomic E-state index is 11.6. The van der Waals surface area contributed by atoms with Crippen molar-refractivity contribution in [1.29, 1.82) is 0 Å². The third-order valence-electron chi connectivity index (χ3n) is 3.60. The van der Waals surface area contributed by atoms with Gasteiger partial charge in [-0.05, 0) is 31.3 Å². The van der Waals surface area contributed by atoms with Gasteiger partial charge in [0.05, 0.1) is 13.2 Å². The molecule has 0 aliphatic heterocycles. The summed E-state index contributed by atoms with van der Waals surface area (Å²) >= 11 is 0. The fraction of sp³-hybridized carbons (Fsp3) is 0.938. The molecule has 0 saturated carbocycles. The van der Waals surface area contributed by atoms with Gasteiger partial charge in [-0.15, -0.1) is 0 Å². The highest BCUT2D eigenvalue weighted by Gasteiger charge is 2.09. The second kappa shape index (κ2) is 11.3. The number of nitrogens with zero attached hydrogens (tertiary/aromatic N) is 1. The summed E-state index contributed by atoms with van der Waals surface area (Å²) in [6.45, 7) is 13.7. The first-order valence-electron chi connectivity index (χ1n) is 7.87. The standard InChI is InChI=1S/C16H33NO2/c1-6-17(7-2)13-16(18)19-12-11-15(5)10-8-9-14(3)4/h14-15H,6-13H2,1-5H3/t15-/m0/s1. The van der Waals surface area contributed by atoms with E-state index in [1.54, 1.807) is 0 Å². The van der Waals surface area contributed by atoms with Gasteiger partial charge in [-0.2, -0.15) is 0 Å². The van der Waals surface area contributed by atoms with E-state index >= 15 is 0 Å². The summed E-state index contributed by atoms with van der Waals surface area (Å²) in [5.41, 5.74) is 0. The molecule has 0 saturated heterocycles. The molecule has 0 aromatic heterocycles. The van der Waals surface area contributed by atoms with E-state index in [1.165, 1.54) is 19.3 Å². The van der Waals surface area contributed by atoms with Gasteiger partial charge in [0.25, 0.3) is 0 Å². The number of hydrogen-bond acceptors (Lipinski definition) is 3. The van der Waals surface area contributed by atoms with Crippen LogP contribution in [0.4, 0.5) is 0 Å². The predicted octanol–water partition coefficient (Wildman–Crippen LogP) is 3.72. The first-order chi connectivity index (χ1) is 8.99. The van der Waals surface area contributed by atoms with E-state index in [0.29, 0.717) is 19.1 Å². The van der Waals surface area contributed by atoms with Crippen LogP contribution in [0.1, 0.15) is 60.3 Å². The molecular formula is C16H33NO2. The van der Waals surface area contributed by atoms with Gasteiger partial charge < -0.3 is 4.74 Å². The summed E-state index contributed by atoms with van der Waals surface area (Å²) in [4.78, 5) is 13.7. The van der Waals surface area contributed by atoms with Gasteiger partial charge in [0, 0.05) is 0 Å². The fourth-order valence-corrected chi connectivity index (χ4v) is 2.07. The highest BCUT2D eigenvalue weighted by molar-refractivity contribution is 5.71. The Labute approximate surface area is 119 Å². The van der Waals surface area contributed by atoms with E-state index in [2.05, 4.69) is 39.5 Å². The number of rotatable bonds is 11. The molecule has 0 unspecified atom stereocenters. The molecule has 114 valence electrons. The summed E-state index contributed by atoms with van der Waals surface area (Å²) in [7, 11) is 0. The Morgan fingerprint density at radius 3 is 2.21 bits per heavy atom. The fourth-order valence-electron chi connectivity index (χ4n) is 2.07. The molecule has 0 rings (SSSR count). The number of likely N-dealkylation sites (N-methyl/N-ethyl adjacent to an activating group) is 1. The van der Waals surface area contributed by atoms with Crippen LogP contribution in [0.5, 0.6) is 0 Å². The molecule has 3 nitrogen and oxygen atoms in total. The van der Waals surface area contributed by atoms with Crippen molar-refractivity contribution in [3.63, 3.8) is 0 Å². The lowest BCUT2D eigenvalue weighted by Crippen LogP contribution is -2.30. The van der Waals surface area contributed by atoms with Crippen LogP contribution in [0.2, 0.25) is 0 Å². The Hall–Kier alpha value is -0.570. The largest absolute Gasteiger partial charge is 0.465 e. The van der Waals surface area contributed by atoms with Crippen LogP contribution in [0.15, 0.2) is 0 Å². The maximum absolute atomic E-state index is 11.6. The van der Waals surface area contributed by atoms with Crippen LogP contribution < -0.4 is 0 Å². The number of carbonyl (C=O) groups is 1. The molecule has 0 bridgehead atoms. The van der Waals surface area contributed by atoms with Crippen LogP contribution in [0.3, 0.4) is 0 Å². The average molecular weight is 271 g/mol. The van der Waals surface area contributed by atoms with Gasteiger partial charge in [0.15, 0.2) is 0 Å². The van der Waals surface area contributed by atoms with Gasteiger partial charge in [-0.1, -0.05) is 53.9 Å². The van der Waals surface area contributed by atoms with E-state index in [9.17, 15) is 4.79 Å². The Balaban J connectivity index is 3.58. The molecule has 0 aliphatic carbocycles. The average Bonchev–Trinajstić information content (AvgIpc) is 2.35. The zero-order chi connectivity index (χ0) is 14.7. The Morgan fingerprint density at radius 1 is 1.05 bits per heavy atom. The minimum atomic E-state index is -0.0851. The Bertz CT molecular complexity index is 225. The third kappa shape index (κ3) is 11.0. The SMILES string of the molecule is CCN(CC)CC(=O)OCC[C@@H](C)CCCC(C)C. The van der Waals surface area contributed by atoms with E-state index in [4.69, 9.17) is 4.74 Å². The van der Waals surface area contributed by atoms with Crippen molar-refractivity contribution in [2.45, 2.75) is 60.3 Å². The molecular weight excluding hydrogens is 238 g/mol. The maximum Gasteiger partial charge on any atom is 0.320 e. The lowest BCUT2D eigenvalue weighted by molar-refractivity contribution is -0.145. The molecule has 0 aromatic rings. The van der Waals surface area contributed by atoms with E-state index in [1.807, 2.05) is 0 Å². The number of carbonyl (C=O) groups excluding carboxylic acids is 1. The van der Waals surface area contributed by atoms with Crippen molar-refractivity contribution in [2.24, 2.45) is 11.8 Å². The molecule has 0 heterocycles. The lowest BCUT2D eigenvalue weighted by Gasteiger charge is -2.17. The molecule has 0 amide bonds. The summed E-state index contributed by atoms with van der Waals surface area (Å²) in [6, 6.07) is 0. The van der Waals surface area contributed by atoms with E-state index in [-0.39, 0.29) is 5.97 Å². The van der Waals surface area contributed by atoms with Crippen LogP contribution >= 0.6 is 0 Å². The van der Waals surface area contributed by atoms with Gasteiger partial charge >= 0.3 is 5.97 Å². The number of esters is 1. The molecule has 0 N–H and O–H groups in total. The minimum Gasteiger partial charge on any atom is -0.465 e. The molecule has 0 aromatic carbocycles. The smallest absolute Gasteiger partial charge is 0.320 e. The summed E-state index contributed by atoms with van der Waals surface area (Å²) in [5, 5.41) is 0. The highest BCUT2D eigenvalue weighted by Crippen LogP contribution is 2.15. The first kappa shape index (κ1) is 18.4. The van der Waals surface area contributed by atoms with Gasteiger partial charge in [-0.25, -0.2) is 0 Å². The normalized spacial score (nSPS) is 13.0. The van der Waals surface area contributed by atoms with Crippen LogP contribution in [0.25, 0.3) is 0 Å². The third-order valence-corrected chi connectivity index (χ3v) is 3.60. The second-order valence-corrected chi connectivity index (χ2v) is 5.90. The molecule has 0 fully saturated rings. The summed E-state index contributed by atoms with van der Waals surface area (Å²) < 4.78 is 5.29. The van der Waals surface area contributed by atoms with Crippen molar-refractivity contribution in [2.75, 3.05) is 26.2 Å². The van der Waals surface area contributed by atoms with Crippen molar-refractivity contribution in [1.82, 2.24) is 4.90 Å². The lowest BCUT2D eigenvalue weighted by atomic mass is 9.98. The summed E-state index contributed by atoms with van der Waals surface area (Å²) in [6.07, 6.45) is 4.81. The predicted molar refractivity (Wildman–Crippen MR) is 81.2 cm³/mol. The topological polar surface area (TPSA) is 29.5 Å². The number of ether oxygens (including phenoxy) is 1. The minimum absolute atomic E-state index is 0.0851. The Kier molecular flexibility index (Phi) is 10.9. The van der Waals surface area contributed by atoms with Crippen molar-refractivity contribution in [3.8, 4) is 0 Å². The van der Waals surface area contributed by atoms with Crippen LogP contribution in [0, 0.1) is 11.8 Å². The van der Waals surface area contributed by atoms with Crippen molar-refractivity contribution >= 4 is 5.97 Å². The van der Waals surface area contributed by atoms with Crippen LogP contribution in [-0.2, 0) is 9.53 Å². The van der Waals surface area contributed by atoms with Crippen molar-refractivity contribution in [3.05, 3.63) is 0 Å². The van der Waals surface area contributed by atoms with E-state index in [0.717, 1.165) is 25.4 Å². The van der Waals surface area contributed by atoms with Crippen molar-refractivity contribution < 1.29 is 9.53 Å². The molecule has 19 heavy (non-hydrogen) atoms. The molecule has 1 atom stereocenters. The number of hydrogen-bond donors (Lipinski definition) is 0. The first-order valence-corrected chi connectivity index (χ1v) is 7.87. The summed E-state index contributed by atoms with van der Waals surface area (Å²) in [5.74, 6) is 1.36. The van der Waals surface area contributed by atoms with E-state index < -0.39 is 0 Å². The molecule has 3 heteroatoms. The zero-order valence-corrected chi connectivity index (χ0v) is 13.6. The zero-order valence-electron chi connectivity index (χ0n) is 13.6. The molecule has 0 aliphatic rings. The second-order valence-electron chi connectivity index (χ2n) is 5.90. The Morgan fingerprint density at radius 2 is 1.68 bits per heavy atom. The van der Waals surface area contributed by atoms with Gasteiger partial charge in [0.2, 0.25) is 0 Å². The molecule has 0 radical (unpaired) electrons. The highest BCUT2D eigenvalue weighted by atomic mass is 16.5. The van der Waals surface area contributed by atoms with Crippen LogP contribution in [-0.4, -0.2) is 37.1 Å².